The molecule has 0 unspecified atom stereocenters. The number of esters is 2. The average molecular weight is 529 g/mol. The van der Waals surface area contributed by atoms with E-state index in [-0.39, 0.29) is 17.1 Å². The van der Waals surface area contributed by atoms with Crippen molar-refractivity contribution in [2.75, 3.05) is 27.9 Å². The first kappa shape index (κ1) is 27.4. The Hall–Kier alpha value is -4.59. The molecule has 1 amide bonds. The van der Waals surface area contributed by atoms with Crippen LogP contribution >= 0.6 is 0 Å². The van der Waals surface area contributed by atoms with E-state index in [9.17, 15) is 14.4 Å². The molecule has 0 aliphatic carbocycles. The van der Waals surface area contributed by atoms with E-state index < -0.39 is 11.9 Å². The number of nitrogens with zero attached hydrogens (tertiary/aromatic N) is 2. The quantitative estimate of drug-likeness (QED) is 0.308. The van der Waals surface area contributed by atoms with E-state index in [2.05, 4.69) is 0 Å². The highest BCUT2D eigenvalue weighted by atomic mass is 16.5. The normalized spacial score (nSPS) is 14.3. The summed E-state index contributed by atoms with van der Waals surface area (Å²) in [5.74, 6) is -0.509. The molecular formula is C31H32N2O6. The number of carbonyl (C=O) groups is 3. The van der Waals surface area contributed by atoms with Gasteiger partial charge >= 0.3 is 11.9 Å². The highest BCUT2D eigenvalue weighted by Crippen LogP contribution is 2.34. The minimum Gasteiger partial charge on any atom is -0.497 e. The molecule has 0 fully saturated rings. The van der Waals surface area contributed by atoms with E-state index in [1.807, 2.05) is 60.9 Å². The number of ether oxygens (including phenoxy) is 3. The molecule has 2 heterocycles. The summed E-state index contributed by atoms with van der Waals surface area (Å²) in [4.78, 5) is 40.5. The number of carbonyl (C=O) groups excluding carboxylic acids is 3. The maximum Gasteiger partial charge on any atom is 0.340 e. The third-order valence-electron chi connectivity index (χ3n) is 7.00. The molecule has 1 aliphatic rings. The predicted molar refractivity (Wildman–Crippen MR) is 148 cm³/mol. The number of methoxy groups -OCH3 is 3. The maximum atomic E-state index is 13.6. The molecule has 202 valence electrons. The van der Waals surface area contributed by atoms with Crippen molar-refractivity contribution in [1.82, 2.24) is 9.47 Å². The summed E-state index contributed by atoms with van der Waals surface area (Å²) in [6.07, 6.45) is 2.33. The van der Waals surface area contributed by atoms with Crippen LogP contribution in [0.1, 0.15) is 39.8 Å². The van der Waals surface area contributed by atoms with Gasteiger partial charge in [0, 0.05) is 23.6 Å². The Morgan fingerprint density at radius 1 is 0.897 bits per heavy atom. The first-order chi connectivity index (χ1) is 18.7. The summed E-state index contributed by atoms with van der Waals surface area (Å²) in [6, 6.07) is 16.8. The van der Waals surface area contributed by atoms with Crippen LogP contribution in [0.4, 0.5) is 0 Å². The van der Waals surface area contributed by atoms with Gasteiger partial charge in [-0.3, -0.25) is 4.79 Å². The highest BCUT2D eigenvalue weighted by Gasteiger charge is 2.37. The van der Waals surface area contributed by atoms with Crippen molar-refractivity contribution in [2.45, 2.75) is 27.2 Å². The van der Waals surface area contributed by atoms with E-state index in [0.717, 1.165) is 28.3 Å². The molecule has 0 saturated heterocycles. The molecule has 0 bridgehead atoms. The molecule has 3 aromatic rings. The molecule has 39 heavy (non-hydrogen) atoms. The Morgan fingerprint density at radius 3 is 2.21 bits per heavy atom. The third kappa shape index (κ3) is 5.23. The largest absolute Gasteiger partial charge is 0.497 e. The number of rotatable bonds is 8. The smallest absolute Gasteiger partial charge is 0.340 e. The zero-order valence-electron chi connectivity index (χ0n) is 23.0. The number of amides is 1. The molecule has 0 radical (unpaired) electrons. The molecule has 8 heteroatoms. The van der Waals surface area contributed by atoms with Gasteiger partial charge in [0.1, 0.15) is 5.75 Å². The number of hydrogen-bond acceptors (Lipinski definition) is 6. The van der Waals surface area contributed by atoms with Crippen LogP contribution in [-0.2, 0) is 25.5 Å². The number of aromatic nitrogens is 1. The Labute approximate surface area is 228 Å². The van der Waals surface area contributed by atoms with Crippen molar-refractivity contribution < 1.29 is 28.6 Å². The second-order valence-corrected chi connectivity index (χ2v) is 9.24. The average Bonchev–Trinajstić information content (AvgIpc) is 3.36. The third-order valence-corrected chi connectivity index (χ3v) is 7.00. The van der Waals surface area contributed by atoms with Gasteiger partial charge in [-0.1, -0.05) is 24.3 Å². The molecule has 0 atom stereocenters. The summed E-state index contributed by atoms with van der Waals surface area (Å²) >= 11 is 0. The van der Waals surface area contributed by atoms with Crippen molar-refractivity contribution >= 4 is 23.9 Å². The van der Waals surface area contributed by atoms with Crippen LogP contribution in [0.15, 0.2) is 71.4 Å². The number of para-hydroxylation sites is 1. The number of aryl methyl sites for hydroxylation is 1. The Bertz CT molecular complexity index is 1490. The summed E-state index contributed by atoms with van der Waals surface area (Å²) in [5, 5.41) is 0. The van der Waals surface area contributed by atoms with Gasteiger partial charge in [-0.05, 0) is 74.7 Å². The van der Waals surface area contributed by atoms with Gasteiger partial charge < -0.3 is 23.7 Å². The zero-order chi connectivity index (χ0) is 28.3. The minimum absolute atomic E-state index is 0.247. The molecule has 0 spiro atoms. The van der Waals surface area contributed by atoms with Crippen molar-refractivity contribution in [3.8, 4) is 11.4 Å². The fourth-order valence-electron chi connectivity index (χ4n) is 4.94. The number of benzene rings is 2. The molecule has 0 N–H and O–H groups in total. The standard InChI is InChI=1S/C31H32N2O6/c1-19-17-23(20(2)33(19)27-10-8-7-9-25(27)30(35)38-5)18-26-28(31(36)39-6)21(3)32(29(26)34)16-15-22-11-13-24(37-4)14-12-22/h7-14,17-18H,15-16H2,1-6H3/b26-18-. The van der Waals surface area contributed by atoms with Gasteiger partial charge in [-0.15, -0.1) is 0 Å². The van der Waals surface area contributed by atoms with Gasteiger partial charge in [-0.25, -0.2) is 9.59 Å². The molecule has 1 aliphatic heterocycles. The van der Waals surface area contributed by atoms with E-state index in [0.29, 0.717) is 29.9 Å². The van der Waals surface area contributed by atoms with Crippen LogP contribution in [0, 0.1) is 13.8 Å². The van der Waals surface area contributed by atoms with Crippen molar-refractivity contribution in [3.05, 3.63) is 99.5 Å². The first-order valence-corrected chi connectivity index (χ1v) is 12.5. The highest BCUT2D eigenvalue weighted by molar-refractivity contribution is 6.16. The van der Waals surface area contributed by atoms with Crippen LogP contribution in [-0.4, -0.2) is 55.2 Å². The Balaban J connectivity index is 1.72. The summed E-state index contributed by atoms with van der Waals surface area (Å²) in [6.45, 7) is 5.99. The fraction of sp³-hybridized carbons (Fsp3) is 0.258. The topological polar surface area (TPSA) is 87.1 Å². The van der Waals surface area contributed by atoms with Gasteiger partial charge in [-0.2, -0.15) is 0 Å². The Kier molecular flexibility index (Phi) is 8.04. The zero-order valence-corrected chi connectivity index (χ0v) is 23.0. The second kappa shape index (κ2) is 11.4. The molecule has 8 nitrogen and oxygen atoms in total. The van der Waals surface area contributed by atoms with E-state index in [4.69, 9.17) is 14.2 Å². The fourth-order valence-corrected chi connectivity index (χ4v) is 4.94. The van der Waals surface area contributed by atoms with Crippen LogP contribution in [0.3, 0.4) is 0 Å². The number of allylic oxidation sites excluding steroid dienone is 1. The van der Waals surface area contributed by atoms with Gasteiger partial charge in [0.25, 0.3) is 5.91 Å². The summed E-state index contributed by atoms with van der Waals surface area (Å²) in [7, 11) is 4.27. The molecule has 2 aromatic carbocycles. The summed E-state index contributed by atoms with van der Waals surface area (Å²) in [5.41, 5.74) is 5.63. The predicted octanol–water partition coefficient (Wildman–Crippen LogP) is 4.80. The molecule has 0 saturated carbocycles. The van der Waals surface area contributed by atoms with Gasteiger partial charge in [0.15, 0.2) is 0 Å². The van der Waals surface area contributed by atoms with Crippen LogP contribution < -0.4 is 4.74 Å². The van der Waals surface area contributed by atoms with Gasteiger partial charge in [0.2, 0.25) is 0 Å². The Morgan fingerprint density at radius 2 is 1.56 bits per heavy atom. The molecular weight excluding hydrogens is 496 g/mol. The van der Waals surface area contributed by atoms with Crippen molar-refractivity contribution in [2.24, 2.45) is 0 Å². The molecule has 4 rings (SSSR count). The SMILES string of the molecule is COC(=O)C1=C(C)N(CCc2ccc(OC)cc2)C(=O)/C1=C\c1cc(C)n(-c2ccccc2C(=O)OC)c1C. The monoisotopic (exact) mass is 528 g/mol. The number of hydrogen-bond donors (Lipinski definition) is 0. The van der Waals surface area contributed by atoms with Crippen molar-refractivity contribution in [1.29, 1.82) is 0 Å². The van der Waals surface area contributed by atoms with Crippen LogP contribution in [0.2, 0.25) is 0 Å². The molecule has 1 aromatic heterocycles. The second-order valence-electron chi connectivity index (χ2n) is 9.24. The first-order valence-electron chi connectivity index (χ1n) is 12.5. The lowest BCUT2D eigenvalue weighted by Crippen LogP contribution is -2.27. The minimum atomic E-state index is -0.566. The maximum absolute atomic E-state index is 13.6. The van der Waals surface area contributed by atoms with Crippen LogP contribution in [0.5, 0.6) is 5.75 Å². The lowest BCUT2D eigenvalue weighted by atomic mass is 10.0. The van der Waals surface area contributed by atoms with Gasteiger partial charge in [0.05, 0.1) is 43.7 Å². The van der Waals surface area contributed by atoms with E-state index >= 15 is 0 Å². The summed E-state index contributed by atoms with van der Waals surface area (Å²) < 4.78 is 17.2. The lowest BCUT2D eigenvalue weighted by Gasteiger charge is -2.18. The lowest BCUT2D eigenvalue weighted by molar-refractivity contribution is -0.136. The van der Waals surface area contributed by atoms with E-state index in [1.54, 1.807) is 37.1 Å². The van der Waals surface area contributed by atoms with E-state index in [1.165, 1.54) is 14.2 Å². The van der Waals surface area contributed by atoms with Crippen LogP contribution in [0.25, 0.3) is 11.8 Å². The van der Waals surface area contributed by atoms with Crippen molar-refractivity contribution in [3.63, 3.8) is 0 Å².